The topological polar surface area (TPSA) is 17.8 Å². The van der Waals surface area contributed by atoms with Gasteiger partial charge in [0.15, 0.2) is 0 Å². The Morgan fingerprint density at radius 2 is 1.71 bits per heavy atom. The molecule has 2 heterocycles. The van der Waals surface area contributed by atoms with Crippen molar-refractivity contribution in [3.8, 4) is 11.3 Å². The molecule has 2 nitrogen and oxygen atoms in total. The molecule has 0 amide bonds. The number of fused-ring (bicyclic) bond motifs is 2. The number of halogens is 1. The van der Waals surface area contributed by atoms with E-state index < -0.39 is 0 Å². The highest BCUT2D eigenvalue weighted by atomic mass is 35.5. The van der Waals surface area contributed by atoms with Gasteiger partial charge in [-0.1, -0.05) is 36.4 Å². The lowest BCUT2D eigenvalue weighted by Crippen LogP contribution is -1.98. The van der Waals surface area contributed by atoms with Gasteiger partial charge in [0.25, 0.3) is 0 Å². The van der Waals surface area contributed by atoms with E-state index in [1.54, 1.807) is 0 Å². The smallest absolute Gasteiger partial charge is 0.0945 e. The fourth-order valence-electron chi connectivity index (χ4n) is 3.54. The summed E-state index contributed by atoms with van der Waals surface area (Å²) in [6.07, 6.45) is 1.93. The van der Waals surface area contributed by atoms with Gasteiger partial charge in [0.05, 0.1) is 11.2 Å². The lowest BCUT2D eigenvalue weighted by Gasteiger charge is -2.09. The molecule has 122 valence electrons. The summed E-state index contributed by atoms with van der Waals surface area (Å²) in [7, 11) is 0. The number of nitrogens with zero attached hydrogens (tertiary/aromatic N) is 2. The number of hydrogen-bond donors (Lipinski definition) is 0. The molecule has 0 saturated heterocycles. The minimum atomic E-state index is 0. The fourth-order valence-corrected chi connectivity index (χ4v) is 3.54. The second-order valence-corrected chi connectivity index (χ2v) is 6.07. The molecule has 0 fully saturated rings. The van der Waals surface area contributed by atoms with E-state index in [9.17, 15) is 0 Å². The Kier molecular flexibility index (Phi) is 4.33. The summed E-state index contributed by atoms with van der Waals surface area (Å²) in [4.78, 5) is 4.73. The molecule has 4 rings (SSSR count). The number of aryl methyl sites for hydroxylation is 2. The third-order valence-electron chi connectivity index (χ3n) is 4.88. The van der Waals surface area contributed by atoms with Crippen molar-refractivity contribution in [2.75, 3.05) is 0 Å². The van der Waals surface area contributed by atoms with E-state index >= 15 is 0 Å². The Morgan fingerprint density at radius 1 is 0.958 bits per heavy atom. The van der Waals surface area contributed by atoms with Crippen molar-refractivity contribution in [3.63, 3.8) is 0 Å². The zero-order valence-electron chi connectivity index (χ0n) is 14.2. The van der Waals surface area contributed by atoms with Crippen LogP contribution in [0.3, 0.4) is 0 Å². The lowest BCUT2D eigenvalue weighted by molar-refractivity contribution is 0.765. The van der Waals surface area contributed by atoms with Crippen LogP contribution >= 0.6 is 12.4 Å². The lowest BCUT2D eigenvalue weighted by atomic mass is 10.0. The Hall–Kier alpha value is -2.32. The monoisotopic (exact) mass is 336 g/mol. The predicted molar refractivity (Wildman–Crippen MR) is 105 cm³/mol. The molecule has 0 unspecified atom stereocenters. The van der Waals surface area contributed by atoms with Crippen LogP contribution in [-0.4, -0.2) is 9.55 Å². The van der Waals surface area contributed by atoms with Crippen molar-refractivity contribution in [3.05, 3.63) is 66.0 Å². The highest BCUT2D eigenvalue weighted by molar-refractivity contribution is 5.97. The van der Waals surface area contributed by atoms with E-state index in [-0.39, 0.29) is 12.4 Å². The van der Waals surface area contributed by atoms with Crippen LogP contribution in [0.1, 0.15) is 18.2 Å². The minimum Gasteiger partial charge on any atom is -0.343 e. The van der Waals surface area contributed by atoms with E-state index in [4.69, 9.17) is 4.98 Å². The van der Waals surface area contributed by atoms with Gasteiger partial charge in [-0.3, -0.25) is 4.98 Å². The quantitative estimate of drug-likeness (QED) is 0.444. The minimum absolute atomic E-state index is 0. The summed E-state index contributed by atoms with van der Waals surface area (Å²) in [5, 5.41) is 3.83. The van der Waals surface area contributed by atoms with Crippen molar-refractivity contribution in [1.82, 2.24) is 9.55 Å². The predicted octanol–water partition coefficient (Wildman–Crippen LogP) is 5.92. The van der Waals surface area contributed by atoms with Crippen LogP contribution in [0.4, 0.5) is 0 Å². The molecular formula is C21H21ClN2. The summed E-state index contributed by atoms with van der Waals surface area (Å²) in [5.74, 6) is 0. The van der Waals surface area contributed by atoms with Gasteiger partial charge in [-0.25, -0.2) is 0 Å². The molecule has 0 aliphatic heterocycles. The largest absolute Gasteiger partial charge is 0.343 e. The molecule has 2 aromatic carbocycles. The van der Waals surface area contributed by atoms with Crippen LogP contribution in [-0.2, 0) is 6.54 Å². The molecule has 0 atom stereocenters. The molecular weight excluding hydrogens is 316 g/mol. The number of pyridine rings is 1. The summed E-state index contributed by atoms with van der Waals surface area (Å²) < 4.78 is 2.38. The van der Waals surface area contributed by atoms with Gasteiger partial charge in [0.2, 0.25) is 0 Å². The number of benzene rings is 2. The van der Waals surface area contributed by atoms with Crippen LogP contribution in [0.5, 0.6) is 0 Å². The summed E-state index contributed by atoms with van der Waals surface area (Å²) in [5.41, 5.74) is 6.19. The molecule has 0 radical (unpaired) electrons. The van der Waals surface area contributed by atoms with Gasteiger partial charge in [-0.2, -0.15) is 0 Å². The molecule has 4 aromatic rings. The summed E-state index contributed by atoms with van der Waals surface area (Å²) in [6, 6.07) is 17.2. The van der Waals surface area contributed by atoms with Gasteiger partial charge < -0.3 is 4.57 Å². The molecule has 3 heteroatoms. The van der Waals surface area contributed by atoms with Crippen LogP contribution in [0.15, 0.2) is 54.7 Å². The Morgan fingerprint density at radius 3 is 2.46 bits per heavy atom. The standard InChI is InChI=1S/C21H20N2.ClH/c1-4-23-15(3)14(2)19-11-12-22-20(21(19)23)18-10-9-16-7-5-6-8-17(16)13-18;/h5-13H,4H2,1-3H3;1H. The van der Waals surface area contributed by atoms with E-state index in [0.29, 0.717) is 0 Å². The first-order chi connectivity index (χ1) is 11.2. The van der Waals surface area contributed by atoms with E-state index in [0.717, 1.165) is 12.2 Å². The maximum absolute atomic E-state index is 4.73. The van der Waals surface area contributed by atoms with E-state index in [2.05, 4.69) is 73.9 Å². The SMILES string of the molecule is CCn1c(C)c(C)c2ccnc(-c3ccc4ccccc4c3)c21.Cl. The van der Waals surface area contributed by atoms with Crippen molar-refractivity contribution in [2.45, 2.75) is 27.3 Å². The van der Waals surface area contributed by atoms with Gasteiger partial charge in [0.1, 0.15) is 0 Å². The third kappa shape index (κ3) is 2.38. The maximum atomic E-state index is 4.73. The van der Waals surface area contributed by atoms with Crippen molar-refractivity contribution < 1.29 is 0 Å². The average Bonchev–Trinajstić information content (AvgIpc) is 2.85. The van der Waals surface area contributed by atoms with Gasteiger partial charge >= 0.3 is 0 Å². The van der Waals surface area contributed by atoms with Crippen molar-refractivity contribution in [1.29, 1.82) is 0 Å². The van der Waals surface area contributed by atoms with Gasteiger partial charge in [-0.05, 0) is 49.2 Å². The van der Waals surface area contributed by atoms with Crippen LogP contribution in [0.25, 0.3) is 32.9 Å². The number of rotatable bonds is 2. The van der Waals surface area contributed by atoms with E-state index in [1.807, 2.05) is 6.20 Å². The third-order valence-corrected chi connectivity index (χ3v) is 4.88. The summed E-state index contributed by atoms with van der Waals surface area (Å²) >= 11 is 0. The van der Waals surface area contributed by atoms with Crippen LogP contribution < -0.4 is 0 Å². The number of hydrogen-bond acceptors (Lipinski definition) is 1. The van der Waals surface area contributed by atoms with Gasteiger partial charge in [0, 0.05) is 29.4 Å². The Labute approximate surface area is 148 Å². The van der Waals surface area contributed by atoms with Crippen LogP contribution in [0.2, 0.25) is 0 Å². The normalized spacial score (nSPS) is 11.0. The first-order valence-electron chi connectivity index (χ1n) is 8.14. The molecule has 0 saturated carbocycles. The van der Waals surface area contributed by atoms with Crippen molar-refractivity contribution in [2.24, 2.45) is 0 Å². The molecule has 0 aliphatic carbocycles. The zero-order chi connectivity index (χ0) is 16.0. The molecule has 0 spiro atoms. The highest BCUT2D eigenvalue weighted by Gasteiger charge is 2.15. The van der Waals surface area contributed by atoms with Crippen molar-refractivity contribution >= 4 is 34.1 Å². The van der Waals surface area contributed by atoms with Crippen LogP contribution in [0, 0.1) is 13.8 Å². The molecule has 0 bridgehead atoms. The van der Waals surface area contributed by atoms with E-state index in [1.165, 1.54) is 38.5 Å². The molecule has 24 heavy (non-hydrogen) atoms. The first kappa shape index (κ1) is 16.5. The number of aromatic nitrogens is 2. The summed E-state index contributed by atoms with van der Waals surface area (Å²) in [6.45, 7) is 7.56. The molecule has 2 aromatic heterocycles. The van der Waals surface area contributed by atoms with Gasteiger partial charge in [-0.15, -0.1) is 12.4 Å². The Bertz CT molecular complexity index is 1030. The maximum Gasteiger partial charge on any atom is 0.0945 e. The second-order valence-electron chi connectivity index (χ2n) is 6.07. The molecule has 0 N–H and O–H groups in total. The Balaban J connectivity index is 0.00000169. The average molecular weight is 337 g/mol. The first-order valence-corrected chi connectivity index (χ1v) is 8.14. The molecule has 0 aliphatic rings. The zero-order valence-corrected chi connectivity index (χ0v) is 15.0. The highest BCUT2D eigenvalue weighted by Crippen LogP contribution is 2.33. The fraction of sp³-hybridized carbons (Fsp3) is 0.190. The second kappa shape index (κ2) is 6.29.